The van der Waals surface area contributed by atoms with Gasteiger partial charge in [0.05, 0.1) is 18.8 Å². The van der Waals surface area contributed by atoms with Crippen molar-refractivity contribution in [3.63, 3.8) is 0 Å². The summed E-state index contributed by atoms with van der Waals surface area (Å²) in [5.41, 5.74) is 3.02. The Morgan fingerprint density at radius 2 is 2.40 bits per heavy atom. The lowest BCUT2D eigenvalue weighted by Gasteiger charge is -2.23. The molecule has 3 rings (SSSR count). The van der Waals surface area contributed by atoms with Crippen molar-refractivity contribution >= 4 is 5.82 Å². The lowest BCUT2D eigenvalue weighted by molar-refractivity contribution is -0.0460. The largest absolute Gasteiger partial charge is 0.394 e. The van der Waals surface area contributed by atoms with Crippen LogP contribution in [0.2, 0.25) is 0 Å². The van der Waals surface area contributed by atoms with E-state index in [1.165, 1.54) is 4.57 Å². The molecule has 3 N–H and O–H groups in total. The molecule has 3 heterocycles. The van der Waals surface area contributed by atoms with Crippen LogP contribution in [0.1, 0.15) is 25.1 Å². The van der Waals surface area contributed by atoms with E-state index in [0.29, 0.717) is 12.2 Å². The van der Waals surface area contributed by atoms with Crippen molar-refractivity contribution in [2.75, 3.05) is 12.1 Å². The Bertz CT molecular complexity index is 561. The quantitative estimate of drug-likeness (QED) is 0.650. The van der Waals surface area contributed by atoms with Gasteiger partial charge < -0.3 is 14.9 Å². The predicted molar refractivity (Wildman–Crippen MR) is 68.0 cm³/mol. The number of anilines is 1. The van der Waals surface area contributed by atoms with E-state index in [1.807, 2.05) is 6.92 Å². The molecule has 0 aliphatic carbocycles. The number of ether oxygens (including phenoxy) is 1. The molecule has 2 aliphatic heterocycles. The van der Waals surface area contributed by atoms with Crippen molar-refractivity contribution in [3.05, 3.63) is 22.2 Å². The van der Waals surface area contributed by atoms with Gasteiger partial charge in [-0.2, -0.15) is 4.98 Å². The first-order valence-corrected chi connectivity index (χ1v) is 6.56. The lowest BCUT2D eigenvalue weighted by Crippen LogP contribution is -2.32. The summed E-state index contributed by atoms with van der Waals surface area (Å²) in [5.74, 6) is 0.418. The highest BCUT2D eigenvalue weighted by Gasteiger charge is 2.35. The molecule has 0 radical (unpaired) electrons. The highest BCUT2D eigenvalue weighted by Crippen LogP contribution is 2.28. The van der Waals surface area contributed by atoms with Crippen LogP contribution in [-0.4, -0.2) is 44.7 Å². The minimum absolute atomic E-state index is 0.0180. The van der Waals surface area contributed by atoms with Crippen LogP contribution in [0, 0.1) is 0 Å². The zero-order valence-corrected chi connectivity index (χ0v) is 11.0. The molecule has 110 valence electrons. The first-order chi connectivity index (χ1) is 9.58. The third-order valence-electron chi connectivity index (χ3n) is 3.59. The standard InChI is InChI=1S/C12H17N3O5/c1-6-2-7-4-15(12(18)13-11(7)14-20-6)10-3-8(17)9(5-16)19-10/h4,6,8-10,16-17H,2-3,5H2,1H3,(H,13,14,18)/t6?,8-,9+,10?/m0/s1. The fourth-order valence-corrected chi connectivity index (χ4v) is 2.51. The van der Waals surface area contributed by atoms with Crippen molar-refractivity contribution < 1.29 is 19.8 Å². The highest BCUT2D eigenvalue weighted by molar-refractivity contribution is 5.42. The number of fused-ring (bicyclic) bond motifs is 1. The zero-order chi connectivity index (χ0) is 14.3. The molecule has 0 spiro atoms. The third kappa shape index (κ3) is 2.31. The van der Waals surface area contributed by atoms with Gasteiger partial charge in [-0.1, -0.05) is 0 Å². The molecular formula is C12H17N3O5. The molecule has 0 bridgehead atoms. The first-order valence-electron chi connectivity index (χ1n) is 6.56. The number of nitrogens with one attached hydrogen (secondary N) is 1. The fraction of sp³-hybridized carbons (Fsp3) is 0.667. The number of aliphatic hydroxyl groups excluding tert-OH is 2. The van der Waals surface area contributed by atoms with Gasteiger partial charge in [-0.05, 0) is 6.92 Å². The number of rotatable bonds is 2. The summed E-state index contributed by atoms with van der Waals surface area (Å²) in [7, 11) is 0. The van der Waals surface area contributed by atoms with Crippen LogP contribution in [-0.2, 0) is 16.0 Å². The van der Waals surface area contributed by atoms with E-state index in [4.69, 9.17) is 14.7 Å². The van der Waals surface area contributed by atoms with Crippen LogP contribution in [0.25, 0.3) is 0 Å². The first kappa shape index (κ1) is 13.5. The maximum Gasteiger partial charge on any atom is 0.351 e. The van der Waals surface area contributed by atoms with Crippen molar-refractivity contribution in [2.45, 2.75) is 44.3 Å². The molecule has 2 aliphatic rings. The Labute approximate surface area is 114 Å². The molecule has 2 unspecified atom stereocenters. The monoisotopic (exact) mass is 283 g/mol. The maximum atomic E-state index is 12.0. The summed E-state index contributed by atoms with van der Waals surface area (Å²) in [5, 5.41) is 18.8. The summed E-state index contributed by atoms with van der Waals surface area (Å²) >= 11 is 0. The fourth-order valence-electron chi connectivity index (χ4n) is 2.51. The average molecular weight is 283 g/mol. The van der Waals surface area contributed by atoms with Gasteiger partial charge in [0.2, 0.25) is 0 Å². The van der Waals surface area contributed by atoms with Crippen LogP contribution in [0.3, 0.4) is 0 Å². The van der Waals surface area contributed by atoms with Crippen LogP contribution >= 0.6 is 0 Å². The summed E-state index contributed by atoms with van der Waals surface area (Å²) in [6.45, 7) is 1.63. The van der Waals surface area contributed by atoms with Crippen molar-refractivity contribution in [1.29, 1.82) is 0 Å². The molecule has 1 aromatic rings. The second-order valence-corrected chi connectivity index (χ2v) is 5.15. The number of hydrogen-bond donors (Lipinski definition) is 3. The second-order valence-electron chi connectivity index (χ2n) is 5.15. The molecule has 0 amide bonds. The molecule has 0 aromatic carbocycles. The SMILES string of the molecule is CC1Cc2cn(C3C[C@H](O)[C@@H](CO)O3)c(=O)nc2NO1. The van der Waals surface area contributed by atoms with E-state index >= 15 is 0 Å². The van der Waals surface area contributed by atoms with Gasteiger partial charge in [0.15, 0.2) is 5.82 Å². The van der Waals surface area contributed by atoms with Crippen LogP contribution in [0.5, 0.6) is 0 Å². The van der Waals surface area contributed by atoms with E-state index in [1.54, 1.807) is 6.20 Å². The van der Waals surface area contributed by atoms with E-state index in [0.717, 1.165) is 5.56 Å². The van der Waals surface area contributed by atoms with E-state index in [2.05, 4.69) is 10.5 Å². The molecule has 8 nitrogen and oxygen atoms in total. The third-order valence-corrected chi connectivity index (χ3v) is 3.59. The van der Waals surface area contributed by atoms with Crippen molar-refractivity contribution in [2.24, 2.45) is 0 Å². The Morgan fingerprint density at radius 3 is 3.10 bits per heavy atom. The predicted octanol–water partition coefficient (Wildman–Crippen LogP) is -0.828. The number of hydrogen-bond acceptors (Lipinski definition) is 7. The smallest absolute Gasteiger partial charge is 0.351 e. The number of nitrogens with zero attached hydrogens (tertiary/aromatic N) is 2. The molecular weight excluding hydrogens is 266 g/mol. The Kier molecular flexibility index (Phi) is 3.47. The zero-order valence-electron chi connectivity index (χ0n) is 11.0. The van der Waals surface area contributed by atoms with Gasteiger partial charge in [0.1, 0.15) is 12.3 Å². The van der Waals surface area contributed by atoms with E-state index < -0.39 is 24.1 Å². The minimum atomic E-state index is -0.784. The molecule has 0 saturated carbocycles. The van der Waals surface area contributed by atoms with E-state index in [-0.39, 0.29) is 19.1 Å². The van der Waals surface area contributed by atoms with Crippen molar-refractivity contribution in [1.82, 2.24) is 9.55 Å². The molecule has 1 aromatic heterocycles. The molecule has 1 saturated heterocycles. The second kappa shape index (κ2) is 5.13. The minimum Gasteiger partial charge on any atom is -0.394 e. The lowest BCUT2D eigenvalue weighted by atomic mass is 10.1. The van der Waals surface area contributed by atoms with Gasteiger partial charge in [0.25, 0.3) is 0 Å². The summed E-state index contributed by atoms with van der Waals surface area (Å²) in [4.78, 5) is 21.1. The van der Waals surface area contributed by atoms with Gasteiger partial charge in [-0.15, -0.1) is 0 Å². The van der Waals surface area contributed by atoms with Gasteiger partial charge in [0, 0.05) is 24.6 Å². The molecule has 1 fully saturated rings. The summed E-state index contributed by atoms with van der Waals surface area (Å²) in [6.07, 6.45) is 0.491. The van der Waals surface area contributed by atoms with Gasteiger partial charge in [-0.25, -0.2) is 10.3 Å². The molecule has 4 atom stereocenters. The number of aliphatic hydroxyl groups is 2. The highest BCUT2D eigenvalue weighted by atomic mass is 16.7. The number of aromatic nitrogens is 2. The Morgan fingerprint density at radius 1 is 1.60 bits per heavy atom. The Hall–Kier alpha value is -1.48. The summed E-state index contributed by atoms with van der Waals surface area (Å²) in [6, 6.07) is 0. The van der Waals surface area contributed by atoms with E-state index in [9.17, 15) is 9.90 Å². The maximum absolute atomic E-state index is 12.0. The molecule has 20 heavy (non-hydrogen) atoms. The van der Waals surface area contributed by atoms with Crippen LogP contribution in [0.15, 0.2) is 11.0 Å². The Balaban J connectivity index is 1.91. The van der Waals surface area contributed by atoms with Crippen LogP contribution in [0.4, 0.5) is 5.82 Å². The summed E-state index contributed by atoms with van der Waals surface area (Å²) < 4.78 is 6.84. The topological polar surface area (TPSA) is 106 Å². The molecule has 8 heteroatoms. The van der Waals surface area contributed by atoms with Crippen LogP contribution < -0.4 is 11.2 Å². The van der Waals surface area contributed by atoms with Gasteiger partial charge >= 0.3 is 5.69 Å². The van der Waals surface area contributed by atoms with Gasteiger partial charge in [-0.3, -0.25) is 9.40 Å². The normalized spacial score (nSPS) is 32.8. The average Bonchev–Trinajstić information content (AvgIpc) is 2.79. The van der Waals surface area contributed by atoms with Crippen molar-refractivity contribution in [3.8, 4) is 0 Å².